The van der Waals surface area contributed by atoms with Gasteiger partial charge in [-0.15, -0.1) is 0 Å². The topological polar surface area (TPSA) is 36.3 Å². The highest BCUT2D eigenvalue weighted by Crippen LogP contribution is 2.32. The van der Waals surface area contributed by atoms with Crippen molar-refractivity contribution in [1.82, 2.24) is 4.90 Å². The van der Waals surface area contributed by atoms with Crippen LogP contribution in [0.4, 0.5) is 0 Å². The van der Waals surface area contributed by atoms with Gasteiger partial charge in [-0.1, -0.05) is 24.3 Å². The lowest BCUT2D eigenvalue weighted by Gasteiger charge is -2.30. The Labute approximate surface area is 102 Å². The number of benzene rings is 1. The molecule has 1 N–H and O–H groups in total. The van der Waals surface area contributed by atoms with Crippen LogP contribution < -0.4 is 0 Å². The van der Waals surface area contributed by atoms with Gasteiger partial charge in [-0.25, -0.2) is 0 Å². The van der Waals surface area contributed by atoms with E-state index in [-0.39, 0.29) is 0 Å². The first-order chi connectivity index (χ1) is 8.31. The Morgan fingerprint density at radius 3 is 2.88 bits per heavy atom. The SMILES string of the molecule is COC1CCCC1N1Cc2ccccc2C1=N. The molecule has 0 spiro atoms. The molecule has 1 aromatic rings. The molecule has 3 rings (SSSR count). The molecule has 0 saturated heterocycles. The molecule has 0 amide bonds. The van der Waals surface area contributed by atoms with Gasteiger partial charge in [0.05, 0.1) is 12.1 Å². The summed E-state index contributed by atoms with van der Waals surface area (Å²) in [5.74, 6) is 0.676. The molecule has 2 unspecified atom stereocenters. The van der Waals surface area contributed by atoms with Gasteiger partial charge < -0.3 is 9.64 Å². The number of nitrogens with one attached hydrogen (secondary N) is 1. The Bertz CT molecular complexity index is 444. The highest BCUT2D eigenvalue weighted by Gasteiger charge is 2.37. The van der Waals surface area contributed by atoms with Crippen molar-refractivity contribution >= 4 is 5.84 Å². The number of fused-ring (bicyclic) bond motifs is 1. The Hall–Kier alpha value is -1.35. The minimum absolute atomic E-state index is 0.296. The van der Waals surface area contributed by atoms with Crippen LogP contribution in [-0.4, -0.2) is 30.0 Å². The smallest absolute Gasteiger partial charge is 0.129 e. The van der Waals surface area contributed by atoms with E-state index >= 15 is 0 Å². The highest BCUT2D eigenvalue weighted by atomic mass is 16.5. The molecule has 90 valence electrons. The lowest BCUT2D eigenvalue weighted by molar-refractivity contribution is 0.0569. The van der Waals surface area contributed by atoms with Crippen LogP contribution in [0.25, 0.3) is 0 Å². The third-order valence-electron chi connectivity index (χ3n) is 4.02. The van der Waals surface area contributed by atoms with Gasteiger partial charge >= 0.3 is 0 Å². The number of hydrogen-bond acceptors (Lipinski definition) is 2. The van der Waals surface area contributed by atoms with Gasteiger partial charge in [-0.05, 0) is 24.8 Å². The quantitative estimate of drug-likeness (QED) is 0.847. The van der Waals surface area contributed by atoms with Gasteiger partial charge in [-0.3, -0.25) is 5.41 Å². The first kappa shape index (κ1) is 10.8. The molecule has 1 aliphatic carbocycles. The van der Waals surface area contributed by atoms with Crippen molar-refractivity contribution in [1.29, 1.82) is 5.41 Å². The molecule has 1 aliphatic heterocycles. The van der Waals surface area contributed by atoms with E-state index in [9.17, 15) is 0 Å². The fourth-order valence-corrected chi connectivity index (χ4v) is 3.13. The summed E-state index contributed by atoms with van der Waals surface area (Å²) in [4.78, 5) is 2.21. The first-order valence-corrected chi connectivity index (χ1v) is 6.27. The van der Waals surface area contributed by atoms with Crippen LogP contribution in [0.1, 0.15) is 30.4 Å². The van der Waals surface area contributed by atoms with E-state index in [1.54, 1.807) is 7.11 Å². The average Bonchev–Trinajstić information content (AvgIpc) is 2.94. The fraction of sp³-hybridized carbons (Fsp3) is 0.500. The summed E-state index contributed by atoms with van der Waals surface area (Å²) in [5, 5.41) is 8.29. The van der Waals surface area contributed by atoms with Crippen molar-refractivity contribution in [2.75, 3.05) is 7.11 Å². The van der Waals surface area contributed by atoms with Crippen molar-refractivity contribution in [2.24, 2.45) is 0 Å². The predicted octanol–water partition coefficient (Wildman–Crippen LogP) is 2.40. The van der Waals surface area contributed by atoms with E-state index in [0.717, 1.165) is 24.9 Å². The third-order valence-corrected chi connectivity index (χ3v) is 4.02. The summed E-state index contributed by atoms with van der Waals surface area (Å²) in [5.41, 5.74) is 2.37. The standard InChI is InChI=1S/C14H18N2O/c1-17-13-8-4-7-12(13)16-9-10-5-2-3-6-11(10)14(16)15/h2-3,5-6,12-13,15H,4,7-9H2,1H3. The van der Waals surface area contributed by atoms with Gasteiger partial charge in [0.25, 0.3) is 0 Å². The van der Waals surface area contributed by atoms with Crippen molar-refractivity contribution < 1.29 is 4.74 Å². The van der Waals surface area contributed by atoms with Crippen LogP contribution in [-0.2, 0) is 11.3 Å². The second-order valence-corrected chi connectivity index (χ2v) is 4.91. The average molecular weight is 230 g/mol. The molecule has 0 bridgehead atoms. The summed E-state index contributed by atoms with van der Waals surface area (Å²) in [6.45, 7) is 0.875. The van der Waals surface area contributed by atoms with E-state index in [1.807, 2.05) is 6.07 Å². The lowest BCUT2D eigenvalue weighted by Crippen LogP contribution is -2.41. The first-order valence-electron chi connectivity index (χ1n) is 6.27. The number of methoxy groups -OCH3 is 1. The molecule has 0 radical (unpaired) electrons. The monoisotopic (exact) mass is 230 g/mol. The fourth-order valence-electron chi connectivity index (χ4n) is 3.13. The minimum atomic E-state index is 0.296. The van der Waals surface area contributed by atoms with E-state index in [0.29, 0.717) is 18.0 Å². The summed E-state index contributed by atoms with van der Waals surface area (Å²) in [7, 11) is 1.79. The van der Waals surface area contributed by atoms with Gasteiger partial charge in [0.2, 0.25) is 0 Å². The van der Waals surface area contributed by atoms with Gasteiger partial charge in [0, 0.05) is 19.2 Å². The number of ether oxygens (including phenoxy) is 1. The van der Waals surface area contributed by atoms with E-state index in [1.165, 1.54) is 12.0 Å². The van der Waals surface area contributed by atoms with Gasteiger partial charge in [0.15, 0.2) is 0 Å². The third kappa shape index (κ3) is 1.65. The molecule has 1 aromatic carbocycles. The van der Waals surface area contributed by atoms with E-state index < -0.39 is 0 Å². The molecule has 3 heteroatoms. The lowest BCUT2D eigenvalue weighted by atomic mass is 10.1. The summed E-state index contributed by atoms with van der Waals surface area (Å²) < 4.78 is 5.54. The largest absolute Gasteiger partial charge is 0.379 e. The molecular weight excluding hydrogens is 212 g/mol. The zero-order valence-electron chi connectivity index (χ0n) is 10.1. The molecule has 2 aliphatic rings. The van der Waals surface area contributed by atoms with Crippen LogP contribution in [0, 0.1) is 5.41 Å². The zero-order chi connectivity index (χ0) is 11.8. The molecule has 3 nitrogen and oxygen atoms in total. The molecule has 17 heavy (non-hydrogen) atoms. The van der Waals surface area contributed by atoms with Crippen LogP contribution >= 0.6 is 0 Å². The molecule has 2 atom stereocenters. The van der Waals surface area contributed by atoms with Crippen LogP contribution in [0.5, 0.6) is 0 Å². The zero-order valence-corrected chi connectivity index (χ0v) is 10.1. The van der Waals surface area contributed by atoms with Crippen molar-refractivity contribution in [3.8, 4) is 0 Å². The van der Waals surface area contributed by atoms with E-state index in [4.69, 9.17) is 10.1 Å². The van der Waals surface area contributed by atoms with Crippen LogP contribution in [0.2, 0.25) is 0 Å². The number of rotatable bonds is 2. The Morgan fingerprint density at radius 1 is 1.29 bits per heavy atom. The Morgan fingerprint density at radius 2 is 2.12 bits per heavy atom. The second kappa shape index (κ2) is 4.15. The second-order valence-electron chi connectivity index (χ2n) is 4.91. The maximum Gasteiger partial charge on any atom is 0.129 e. The van der Waals surface area contributed by atoms with Crippen LogP contribution in [0.15, 0.2) is 24.3 Å². The normalized spacial score (nSPS) is 27.6. The molecule has 1 fully saturated rings. The summed E-state index contributed by atoms with van der Waals surface area (Å²) in [6, 6.07) is 8.63. The minimum Gasteiger partial charge on any atom is -0.379 e. The number of nitrogens with zero attached hydrogens (tertiary/aromatic N) is 1. The maximum atomic E-state index is 8.29. The van der Waals surface area contributed by atoms with Gasteiger partial charge in [0.1, 0.15) is 5.84 Å². The Kier molecular flexibility index (Phi) is 2.63. The highest BCUT2D eigenvalue weighted by molar-refractivity contribution is 6.00. The number of hydrogen-bond donors (Lipinski definition) is 1. The van der Waals surface area contributed by atoms with Crippen molar-refractivity contribution in [3.05, 3.63) is 35.4 Å². The summed E-state index contributed by atoms with van der Waals surface area (Å²) >= 11 is 0. The van der Waals surface area contributed by atoms with Gasteiger partial charge in [-0.2, -0.15) is 0 Å². The predicted molar refractivity (Wildman–Crippen MR) is 67.2 cm³/mol. The Balaban J connectivity index is 1.86. The van der Waals surface area contributed by atoms with Crippen molar-refractivity contribution in [3.63, 3.8) is 0 Å². The van der Waals surface area contributed by atoms with Crippen LogP contribution in [0.3, 0.4) is 0 Å². The van der Waals surface area contributed by atoms with Crippen molar-refractivity contribution in [2.45, 2.75) is 38.0 Å². The molecule has 1 heterocycles. The van der Waals surface area contributed by atoms with E-state index in [2.05, 4.69) is 23.1 Å². The molecular formula is C14H18N2O. The maximum absolute atomic E-state index is 8.29. The molecule has 0 aromatic heterocycles. The molecule has 1 saturated carbocycles. The summed E-state index contributed by atoms with van der Waals surface area (Å²) in [6.07, 6.45) is 3.78. The number of amidine groups is 1.